The van der Waals surface area contributed by atoms with Crippen LogP contribution in [0.15, 0.2) is 41.8 Å². The van der Waals surface area contributed by atoms with Gasteiger partial charge in [-0.3, -0.25) is 0 Å². The number of ether oxygens (including phenoxy) is 1. The maximum Gasteiger partial charge on any atom is 0.315 e. The highest BCUT2D eigenvalue weighted by Gasteiger charge is 2.06. The van der Waals surface area contributed by atoms with Crippen molar-refractivity contribution in [2.75, 3.05) is 6.61 Å². The first-order chi connectivity index (χ1) is 10.6. The van der Waals surface area contributed by atoms with Gasteiger partial charge in [0, 0.05) is 17.0 Å². The number of para-hydroxylation sites is 1. The quantitative estimate of drug-likeness (QED) is 0.816. The summed E-state index contributed by atoms with van der Waals surface area (Å²) in [6, 6.07) is 11.6. The minimum Gasteiger partial charge on any atom is -0.493 e. The van der Waals surface area contributed by atoms with Gasteiger partial charge in [0.2, 0.25) is 0 Å². The first-order valence-corrected chi connectivity index (χ1v) is 8.28. The van der Waals surface area contributed by atoms with E-state index in [1.54, 1.807) is 11.3 Å². The summed E-state index contributed by atoms with van der Waals surface area (Å²) in [5.41, 5.74) is 0.981. The first-order valence-electron chi connectivity index (χ1n) is 7.40. The number of nitrogens with one attached hydrogen (secondary N) is 2. The molecule has 0 aliphatic carbocycles. The topological polar surface area (TPSA) is 50.4 Å². The van der Waals surface area contributed by atoms with Crippen molar-refractivity contribution in [3.63, 3.8) is 0 Å². The minimum absolute atomic E-state index is 0.174. The number of carbonyl (C=O) groups is 1. The molecule has 22 heavy (non-hydrogen) atoms. The van der Waals surface area contributed by atoms with Crippen LogP contribution in [-0.2, 0) is 13.1 Å². The van der Waals surface area contributed by atoms with Crippen LogP contribution in [0.5, 0.6) is 5.75 Å². The number of rotatable bonds is 7. The second-order valence-electron chi connectivity index (χ2n) is 5.43. The van der Waals surface area contributed by atoms with Crippen LogP contribution in [-0.4, -0.2) is 12.6 Å². The van der Waals surface area contributed by atoms with Gasteiger partial charge in [-0.2, -0.15) is 0 Å². The largest absolute Gasteiger partial charge is 0.493 e. The fraction of sp³-hybridized carbons (Fsp3) is 0.353. The van der Waals surface area contributed by atoms with Crippen molar-refractivity contribution < 1.29 is 9.53 Å². The summed E-state index contributed by atoms with van der Waals surface area (Å²) in [5, 5.41) is 7.71. The van der Waals surface area contributed by atoms with Crippen molar-refractivity contribution in [2.45, 2.75) is 26.9 Å². The Morgan fingerprint density at radius 3 is 2.64 bits per heavy atom. The number of carbonyl (C=O) groups excluding carboxylic acids is 1. The predicted octanol–water partition coefficient (Wildman–Crippen LogP) is 3.78. The van der Waals surface area contributed by atoms with E-state index in [4.69, 9.17) is 4.74 Å². The van der Waals surface area contributed by atoms with Crippen molar-refractivity contribution in [2.24, 2.45) is 5.92 Å². The van der Waals surface area contributed by atoms with Crippen LogP contribution < -0.4 is 15.4 Å². The van der Waals surface area contributed by atoms with E-state index in [-0.39, 0.29) is 6.03 Å². The lowest BCUT2D eigenvalue weighted by atomic mass is 10.2. The van der Waals surface area contributed by atoms with Gasteiger partial charge in [0.05, 0.1) is 13.2 Å². The number of hydrogen-bond acceptors (Lipinski definition) is 3. The number of urea groups is 1. The Balaban J connectivity index is 1.81. The molecule has 2 N–H and O–H groups in total. The summed E-state index contributed by atoms with van der Waals surface area (Å²) in [6.07, 6.45) is 0. The highest BCUT2D eigenvalue weighted by atomic mass is 32.1. The number of thiophene rings is 1. The maximum absolute atomic E-state index is 11.8. The molecule has 4 nitrogen and oxygen atoms in total. The Labute approximate surface area is 135 Å². The Morgan fingerprint density at radius 2 is 1.91 bits per heavy atom. The zero-order valence-electron chi connectivity index (χ0n) is 13.0. The molecule has 5 heteroatoms. The normalized spacial score (nSPS) is 10.5. The van der Waals surface area contributed by atoms with E-state index in [1.165, 1.54) is 0 Å². The van der Waals surface area contributed by atoms with E-state index < -0.39 is 0 Å². The molecule has 0 fully saturated rings. The van der Waals surface area contributed by atoms with Crippen LogP contribution in [0.4, 0.5) is 4.79 Å². The van der Waals surface area contributed by atoms with E-state index in [2.05, 4.69) is 24.5 Å². The van der Waals surface area contributed by atoms with E-state index in [9.17, 15) is 4.79 Å². The van der Waals surface area contributed by atoms with E-state index in [1.807, 2.05) is 41.8 Å². The number of amides is 2. The molecule has 0 aliphatic heterocycles. The lowest BCUT2D eigenvalue weighted by Gasteiger charge is -2.13. The molecule has 118 valence electrons. The van der Waals surface area contributed by atoms with Crippen molar-refractivity contribution >= 4 is 17.4 Å². The first kappa shape index (κ1) is 16.4. The lowest BCUT2D eigenvalue weighted by molar-refractivity contribution is 0.239. The molecule has 1 aromatic carbocycles. The van der Waals surface area contributed by atoms with Crippen LogP contribution in [0.2, 0.25) is 0 Å². The molecule has 0 atom stereocenters. The molecule has 2 amide bonds. The van der Waals surface area contributed by atoms with E-state index in [0.717, 1.165) is 16.2 Å². The second kappa shape index (κ2) is 8.44. The third-order valence-electron chi connectivity index (χ3n) is 2.99. The van der Waals surface area contributed by atoms with Crippen LogP contribution in [0.1, 0.15) is 24.3 Å². The Hall–Kier alpha value is -2.01. The molecule has 2 aromatic rings. The monoisotopic (exact) mass is 318 g/mol. The molecule has 0 spiro atoms. The van der Waals surface area contributed by atoms with Gasteiger partial charge in [0.15, 0.2) is 0 Å². The van der Waals surface area contributed by atoms with Crippen molar-refractivity contribution in [1.29, 1.82) is 0 Å². The van der Waals surface area contributed by atoms with Crippen molar-refractivity contribution in [1.82, 2.24) is 10.6 Å². The van der Waals surface area contributed by atoms with E-state index in [0.29, 0.717) is 25.6 Å². The Morgan fingerprint density at radius 1 is 1.14 bits per heavy atom. The van der Waals surface area contributed by atoms with Gasteiger partial charge in [0.1, 0.15) is 5.75 Å². The number of benzene rings is 1. The van der Waals surface area contributed by atoms with Crippen LogP contribution in [0.3, 0.4) is 0 Å². The third-order valence-corrected chi connectivity index (χ3v) is 3.86. The summed E-state index contributed by atoms with van der Waals surface area (Å²) < 4.78 is 5.78. The molecular weight excluding hydrogens is 296 g/mol. The average Bonchev–Trinajstić information content (AvgIpc) is 3.03. The van der Waals surface area contributed by atoms with Crippen LogP contribution >= 0.6 is 11.3 Å². The van der Waals surface area contributed by atoms with Crippen molar-refractivity contribution in [3.8, 4) is 5.75 Å². The summed E-state index contributed by atoms with van der Waals surface area (Å²) in [6.45, 7) is 5.89. The minimum atomic E-state index is -0.174. The SMILES string of the molecule is CC(C)COc1ccccc1CNC(=O)NCc1cccs1. The zero-order valence-corrected chi connectivity index (χ0v) is 13.8. The summed E-state index contributed by atoms with van der Waals surface area (Å²) >= 11 is 1.63. The molecule has 0 saturated carbocycles. The van der Waals surface area contributed by atoms with Gasteiger partial charge in [0.25, 0.3) is 0 Å². The molecule has 1 aromatic heterocycles. The summed E-state index contributed by atoms with van der Waals surface area (Å²) in [5.74, 6) is 1.30. The van der Waals surface area contributed by atoms with Gasteiger partial charge in [-0.25, -0.2) is 4.79 Å². The summed E-state index contributed by atoms with van der Waals surface area (Å²) in [4.78, 5) is 13.0. The second-order valence-corrected chi connectivity index (χ2v) is 6.46. The summed E-state index contributed by atoms with van der Waals surface area (Å²) in [7, 11) is 0. The third kappa shape index (κ3) is 5.41. The number of hydrogen-bond donors (Lipinski definition) is 2. The lowest BCUT2D eigenvalue weighted by Crippen LogP contribution is -2.34. The van der Waals surface area contributed by atoms with Gasteiger partial charge in [-0.05, 0) is 23.4 Å². The van der Waals surface area contributed by atoms with Crippen LogP contribution in [0.25, 0.3) is 0 Å². The predicted molar refractivity (Wildman–Crippen MR) is 90.2 cm³/mol. The molecule has 0 unspecified atom stereocenters. The van der Waals surface area contributed by atoms with Crippen molar-refractivity contribution in [3.05, 3.63) is 52.2 Å². The fourth-order valence-corrected chi connectivity index (χ4v) is 2.51. The smallest absolute Gasteiger partial charge is 0.315 e. The van der Waals surface area contributed by atoms with Gasteiger partial charge in [-0.1, -0.05) is 38.1 Å². The zero-order chi connectivity index (χ0) is 15.8. The molecular formula is C17H22N2O2S. The average molecular weight is 318 g/mol. The molecule has 1 heterocycles. The van der Waals surface area contributed by atoms with Gasteiger partial charge >= 0.3 is 6.03 Å². The van der Waals surface area contributed by atoms with E-state index >= 15 is 0 Å². The Kier molecular flexibility index (Phi) is 6.27. The molecule has 0 bridgehead atoms. The van der Waals surface area contributed by atoms with Gasteiger partial charge in [-0.15, -0.1) is 11.3 Å². The van der Waals surface area contributed by atoms with Crippen LogP contribution in [0, 0.1) is 5.92 Å². The fourth-order valence-electron chi connectivity index (χ4n) is 1.87. The standard InChI is InChI=1S/C17H22N2O2S/c1-13(2)12-21-16-8-4-3-6-14(16)10-18-17(20)19-11-15-7-5-9-22-15/h3-9,13H,10-12H2,1-2H3,(H2,18,19,20). The highest BCUT2D eigenvalue weighted by molar-refractivity contribution is 7.09. The molecule has 2 rings (SSSR count). The molecule has 0 radical (unpaired) electrons. The molecule has 0 aliphatic rings. The highest BCUT2D eigenvalue weighted by Crippen LogP contribution is 2.18. The maximum atomic E-state index is 11.8. The molecule has 0 saturated heterocycles. The van der Waals surface area contributed by atoms with Gasteiger partial charge < -0.3 is 15.4 Å². The Bertz CT molecular complexity index is 582.